The minimum absolute atomic E-state index is 0.651. The van der Waals surface area contributed by atoms with Gasteiger partial charge >= 0.3 is 0 Å². The molecule has 0 bridgehead atoms. The summed E-state index contributed by atoms with van der Waals surface area (Å²) >= 11 is 0. The van der Waals surface area contributed by atoms with E-state index >= 15 is 0 Å². The van der Waals surface area contributed by atoms with Gasteiger partial charge in [-0.3, -0.25) is 0 Å². The van der Waals surface area contributed by atoms with Crippen molar-refractivity contribution in [3.05, 3.63) is 83.9 Å². The second-order valence-electron chi connectivity index (χ2n) is 5.29. The monoisotopic (exact) mass is 289 g/mol. The van der Waals surface area contributed by atoms with Crippen LogP contribution in [0.4, 0.5) is 22.7 Å². The molecule has 3 heteroatoms. The molecule has 0 saturated heterocycles. The highest BCUT2D eigenvalue weighted by Gasteiger charge is 2.07. The SMILES string of the molecule is Nc1cc(N)c(Nc2ccccc2)cc1Cc1ccccc1. The van der Waals surface area contributed by atoms with Crippen LogP contribution in [0.25, 0.3) is 0 Å². The molecule has 0 aromatic heterocycles. The van der Waals surface area contributed by atoms with Crippen molar-refractivity contribution in [1.82, 2.24) is 0 Å². The lowest BCUT2D eigenvalue weighted by atomic mass is 10.0. The summed E-state index contributed by atoms with van der Waals surface area (Å²) in [6.07, 6.45) is 0.788. The van der Waals surface area contributed by atoms with Gasteiger partial charge in [-0.15, -0.1) is 0 Å². The van der Waals surface area contributed by atoms with Gasteiger partial charge in [0, 0.05) is 11.4 Å². The lowest BCUT2D eigenvalue weighted by Gasteiger charge is -2.14. The molecule has 0 aliphatic carbocycles. The third-order valence-corrected chi connectivity index (χ3v) is 3.60. The van der Waals surface area contributed by atoms with Crippen molar-refractivity contribution in [1.29, 1.82) is 0 Å². The van der Waals surface area contributed by atoms with Crippen molar-refractivity contribution in [2.75, 3.05) is 16.8 Å². The molecule has 0 heterocycles. The minimum Gasteiger partial charge on any atom is -0.398 e. The lowest BCUT2D eigenvalue weighted by molar-refractivity contribution is 1.20. The number of nitrogens with one attached hydrogen (secondary N) is 1. The number of anilines is 4. The summed E-state index contributed by atoms with van der Waals surface area (Å²) in [4.78, 5) is 0. The molecule has 22 heavy (non-hydrogen) atoms. The fourth-order valence-electron chi connectivity index (χ4n) is 2.43. The van der Waals surface area contributed by atoms with Crippen LogP contribution >= 0.6 is 0 Å². The van der Waals surface area contributed by atoms with Gasteiger partial charge in [-0.25, -0.2) is 0 Å². The molecule has 3 rings (SSSR count). The highest BCUT2D eigenvalue weighted by atomic mass is 14.9. The van der Waals surface area contributed by atoms with E-state index in [1.54, 1.807) is 0 Å². The van der Waals surface area contributed by atoms with Crippen molar-refractivity contribution >= 4 is 22.7 Å². The third kappa shape index (κ3) is 3.20. The van der Waals surface area contributed by atoms with E-state index < -0.39 is 0 Å². The first-order chi connectivity index (χ1) is 10.7. The fourth-order valence-corrected chi connectivity index (χ4v) is 2.43. The second kappa shape index (κ2) is 6.22. The Hall–Kier alpha value is -2.94. The summed E-state index contributed by atoms with van der Waals surface area (Å²) in [6, 6.07) is 24.1. The maximum absolute atomic E-state index is 6.12. The molecule has 110 valence electrons. The van der Waals surface area contributed by atoms with Crippen LogP contribution in [0.1, 0.15) is 11.1 Å². The van der Waals surface area contributed by atoms with Crippen LogP contribution in [0.2, 0.25) is 0 Å². The summed E-state index contributed by atoms with van der Waals surface area (Å²) < 4.78 is 0. The van der Waals surface area contributed by atoms with Crippen molar-refractivity contribution in [3.8, 4) is 0 Å². The standard InChI is InChI=1S/C19H19N3/c20-17-13-18(21)19(22-16-9-5-2-6-10-16)12-15(17)11-14-7-3-1-4-8-14/h1-10,12-13,22H,11,20-21H2. The molecule has 0 atom stereocenters. The van der Waals surface area contributed by atoms with Crippen LogP contribution in [-0.4, -0.2) is 0 Å². The molecule has 3 aromatic rings. The zero-order chi connectivity index (χ0) is 15.4. The van der Waals surface area contributed by atoms with Crippen LogP contribution in [0.5, 0.6) is 0 Å². The van der Waals surface area contributed by atoms with Gasteiger partial charge in [0.2, 0.25) is 0 Å². The van der Waals surface area contributed by atoms with Gasteiger partial charge in [0.1, 0.15) is 0 Å². The molecule has 0 aliphatic rings. The summed E-state index contributed by atoms with van der Waals surface area (Å²) in [5, 5.41) is 3.35. The predicted octanol–water partition coefficient (Wildman–Crippen LogP) is 4.19. The number of rotatable bonds is 4. The molecule has 0 aliphatic heterocycles. The number of benzene rings is 3. The Bertz CT molecular complexity index is 690. The van der Waals surface area contributed by atoms with Crippen molar-refractivity contribution in [2.24, 2.45) is 0 Å². The smallest absolute Gasteiger partial charge is 0.0622 e. The van der Waals surface area contributed by atoms with E-state index in [0.717, 1.165) is 29.0 Å². The zero-order valence-corrected chi connectivity index (χ0v) is 12.3. The molecule has 0 unspecified atom stereocenters. The summed E-state index contributed by atoms with van der Waals surface area (Å²) in [7, 11) is 0. The van der Waals surface area contributed by atoms with Crippen molar-refractivity contribution in [3.63, 3.8) is 0 Å². The Morgan fingerprint density at radius 2 is 1.36 bits per heavy atom. The van der Waals surface area contributed by atoms with Gasteiger partial charge < -0.3 is 16.8 Å². The van der Waals surface area contributed by atoms with E-state index in [-0.39, 0.29) is 0 Å². The number of nitrogen functional groups attached to an aromatic ring is 2. The molecule has 5 N–H and O–H groups in total. The van der Waals surface area contributed by atoms with Crippen LogP contribution in [-0.2, 0) is 6.42 Å². The van der Waals surface area contributed by atoms with Crippen molar-refractivity contribution < 1.29 is 0 Å². The van der Waals surface area contributed by atoms with Crippen molar-refractivity contribution in [2.45, 2.75) is 6.42 Å². The van der Waals surface area contributed by atoms with E-state index in [1.807, 2.05) is 60.7 Å². The van der Waals surface area contributed by atoms with Gasteiger partial charge in [-0.05, 0) is 41.8 Å². The molecule has 0 amide bonds. The lowest BCUT2D eigenvalue weighted by Crippen LogP contribution is -2.02. The van der Waals surface area contributed by atoms with E-state index in [2.05, 4.69) is 17.4 Å². The normalized spacial score (nSPS) is 10.4. The largest absolute Gasteiger partial charge is 0.398 e. The molecule has 0 spiro atoms. The summed E-state index contributed by atoms with van der Waals surface area (Å²) in [5.41, 5.74) is 17.8. The topological polar surface area (TPSA) is 64.1 Å². The van der Waals surface area contributed by atoms with Gasteiger partial charge in [0.15, 0.2) is 0 Å². The number of nitrogens with two attached hydrogens (primary N) is 2. The van der Waals surface area contributed by atoms with E-state index in [0.29, 0.717) is 5.69 Å². The van der Waals surface area contributed by atoms with Crippen LogP contribution < -0.4 is 16.8 Å². The van der Waals surface area contributed by atoms with Crippen LogP contribution in [0, 0.1) is 0 Å². The van der Waals surface area contributed by atoms with Gasteiger partial charge in [0.05, 0.1) is 11.4 Å². The van der Waals surface area contributed by atoms with E-state index in [4.69, 9.17) is 11.5 Å². The van der Waals surface area contributed by atoms with Gasteiger partial charge in [-0.2, -0.15) is 0 Å². The van der Waals surface area contributed by atoms with E-state index in [1.165, 1.54) is 5.56 Å². The quantitative estimate of drug-likeness (QED) is 0.631. The Morgan fingerprint density at radius 1 is 0.727 bits per heavy atom. The highest BCUT2D eigenvalue weighted by molar-refractivity contribution is 5.77. The zero-order valence-electron chi connectivity index (χ0n) is 12.3. The summed E-state index contributed by atoms with van der Waals surface area (Å²) in [5.74, 6) is 0. The Balaban J connectivity index is 1.90. The molecular formula is C19H19N3. The van der Waals surface area contributed by atoms with Crippen LogP contribution in [0.15, 0.2) is 72.8 Å². The second-order valence-corrected chi connectivity index (χ2v) is 5.29. The number of hydrogen-bond donors (Lipinski definition) is 3. The average molecular weight is 289 g/mol. The van der Waals surface area contributed by atoms with Crippen LogP contribution in [0.3, 0.4) is 0 Å². The molecule has 3 aromatic carbocycles. The maximum atomic E-state index is 6.12. The Morgan fingerprint density at radius 3 is 2.05 bits per heavy atom. The Kier molecular flexibility index (Phi) is 3.97. The first-order valence-corrected chi connectivity index (χ1v) is 7.26. The predicted molar refractivity (Wildman–Crippen MR) is 94.2 cm³/mol. The van der Waals surface area contributed by atoms with Gasteiger partial charge in [-0.1, -0.05) is 48.5 Å². The average Bonchev–Trinajstić information content (AvgIpc) is 2.54. The number of hydrogen-bond acceptors (Lipinski definition) is 3. The first-order valence-electron chi connectivity index (χ1n) is 7.26. The molecule has 0 radical (unpaired) electrons. The van der Waals surface area contributed by atoms with E-state index in [9.17, 15) is 0 Å². The molecular weight excluding hydrogens is 270 g/mol. The molecule has 0 fully saturated rings. The summed E-state index contributed by atoms with van der Waals surface area (Å²) in [6.45, 7) is 0. The maximum Gasteiger partial charge on any atom is 0.0622 e. The molecule has 3 nitrogen and oxygen atoms in total. The number of para-hydroxylation sites is 1. The highest BCUT2D eigenvalue weighted by Crippen LogP contribution is 2.29. The third-order valence-electron chi connectivity index (χ3n) is 3.60. The van der Waals surface area contributed by atoms with Gasteiger partial charge in [0.25, 0.3) is 0 Å². The molecule has 0 saturated carbocycles. The minimum atomic E-state index is 0.651. The Labute approximate surface area is 130 Å². The first kappa shape index (κ1) is 14.0. The fraction of sp³-hybridized carbons (Fsp3) is 0.0526.